The summed E-state index contributed by atoms with van der Waals surface area (Å²) in [6.45, 7) is 1.35. The van der Waals surface area contributed by atoms with Gasteiger partial charge in [0, 0.05) is 12.3 Å². The number of nitrogens with one attached hydrogen (secondary N) is 1. The summed E-state index contributed by atoms with van der Waals surface area (Å²) in [6, 6.07) is 7.01. The minimum Gasteiger partial charge on any atom is -0.449 e. The zero-order valence-electron chi connectivity index (χ0n) is 8.61. The highest BCUT2D eigenvalue weighted by molar-refractivity contribution is 6.09. The Balaban J connectivity index is 2.69. The van der Waals surface area contributed by atoms with Crippen LogP contribution in [-0.4, -0.2) is 11.8 Å². The monoisotopic (exact) mass is 218 g/mol. The van der Waals surface area contributed by atoms with Gasteiger partial charge in [0.15, 0.2) is 0 Å². The van der Waals surface area contributed by atoms with Gasteiger partial charge in [-0.05, 0) is 12.1 Å². The number of anilines is 1. The van der Waals surface area contributed by atoms with Crippen LogP contribution in [-0.2, 0) is 4.79 Å². The molecule has 16 heavy (non-hydrogen) atoms. The molecule has 3 N–H and O–H groups in total. The second kappa shape index (κ2) is 3.69. The largest absolute Gasteiger partial charge is 0.449 e. The number of benzene rings is 1. The molecule has 0 fully saturated rings. The van der Waals surface area contributed by atoms with Crippen molar-refractivity contribution in [3.05, 3.63) is 30.0 Å². The van der Waals surface area contributed by atoms with Crippen LogP contribution in [0.25, 0.3) is 11.0 Å². The van der Waals surface area contributed by atoms with Gasteiger partial charge in [-0.25, -0.2) is 0 Å². The molecule has 2 aromatic rings. The zero-order chi connectivity index (χ0) is 11.7. The van der Waals surface area contributed by atoms with Gasteiger partial charge in [0.25, 0.3) is 5.91 Å². The molecule has 0 saturated heterocycles. The van der Waals surface area contributed by atoms with Gasteiger partial charge in [0.05, 0.1) is 0 Å². The second-order valence-corrected chi connectivity index (χ2v) is 3.35. The molecule has 0 unspecified atom stereocenters. The molecule has 0 atom stereocenters. The lowest BCUT2D eigenvalue weighted by atomic mass is 10.2. The van der Waals surface area contributed by atoms with Crippen molar-refractivity contribution in [3.8, 4) is 0 Å². The van der Waals surface area contributed by atoms with Crippen LogP contribution in [0.1, 0.15) is 17.5 Å². The van der Waals surface area contributed by atoms with Gasteiger partial charge in [0.1, 0.15) is 11.3 Å². The van der Waals surface area contributed by atoms with Crippen molar-refractivity contribution in [1.82, 2.24) is 0 Å². The van der Waals surface area contributed by atoms with Crippen LogP contribution in [0.5, 0.6) is 0 Å². The summed E-state index contributed by atoms with van der Waals surface area (Å²) in [4.78, 5) is 22.2. The summed E-state index contributed by atoms with van der Waals surface area (Å²) in [5.74, 6) is -1.02. The van der Waals surface area contributed by atoms with E-state index in [2.05, 4.69) is 5.32 Å². The Morgan fingerprint density at radius 2 is 2.00 bits per heavy atom. The molecule has 0 radical (unpaired) electrons. The zero-order valence-corrected chi connectivity index (χ0v) is 8.61. The van der Waals surface area contributed by atoms with Crippen molar-refractivity contribution in [2.24, 2.45) is 5.73 Å². The summed E-state index contributed by atoms with van der Waals surface area (Å²) in [5.41, 5.74) is 6.01. The van der Waals surface area contributed by atoms with E-state index in [4.69, 9.17) is 10.2 Å². The van der Waals surface area contributed by atoms with E-state index in [1.807, 2.05) is 0 Å². The van der Waals surface area contributed by atoms with Crippen LogP contribution < -0.4 is 11.1 Å². The van der Waals surface area contributed by atoms with Gasteiger partial charge in [0.2, 0.25) is 11.7 Å². The van der Waals surface area contributed by atoms with Gasteiger partial charge in [-0.3, -0.25) is 9.59 Å². The molecule has 1 aromatic heterocycles. The summed E-state index contributed by atoms with van der Waals surface area (Å²) in [7, 11) is 0. The predicted molar refractivity (Wildman–Crippen MR) is 59.0 cm³/mol. The molecular weight excluding hydrogens is 208 g/mol. The number of hydrogen-bond acceptors (Lipinski definition) is 3. The maximum absolute atomic E-state index is 11.2. The Bertz CT molecular complexity index is 572. The Morgan fingerprint density at radius 1 is 1.31 bits per heavy atom. The van der Waals surface area contributed by atoms with Gasteiger partial charge < -0.3 is 15.5 Å². The molecule has 5 nitrogen and oxygen atoms in total. The van der Waals surface area contributed by atoms with Gasteiger partial charge in [-0.15, -0.1) is 0 Å². The van der Waals surface area contributed by atoms with Crippen molar-refractivity contribution in [1.29, 1.82) is 0 Å². The van der Waals surface area contributed by atoms with Crippen LogP contribution in [0.2, 0.25) is 0 Å². The number of para-hydroxylation sites is 1. The number of amides is 2. The first-order valence-electron chi connectivity index (χ1n) is 4.68. The van der Waals surface area contributed by atoms with Crippen molar-refractivity contribution < 1.29 is 14.0 Å². The van der Waals surface area contributed by atoms with E-state index < -0.39 is 5.91 Å². The van der Waals surface area contributed by atoms with Crippen LogP contribution in [0.3, 0.4) is 0 Å². The average molecular weight is 218 g/mol. The Labute approximate surface area is 91.2 Å². The molecule has 0 aliphatic heterocycles. The number of carbonyl (C=O) groups excluding carboxylic acids is 2. The fourth-order valence-electron chi connectivity index (χ4n) is 1.52. The van der Waals surface area contributed by atoms with Crippen LogP contribution in [0.4, 0.5) is 5.69 Å². The molecule has 1 heterocycles. The molecule has 0 bridgehead atoms. The fourth-order valence-corrected chi connectivity index (χ4v) is 1.52. The summed E-state index contributed by atoms with van der Waals surface area (Å²) < 4.78 is 5.27. The molecule has 0 spiro atoms. The topological polar surface area (TPSA) is 85.3 Å². The number of carbonyl (C=O) groups is 2. The van der Waals surface area contributed by atoms with E-state index in [9.17, 15) is 9.59 Å². The summed E-state index contributed by atoms with van der Waals surface area (Å²) in [5, 5.41) is 3.20. The first kappa shape index (κ1) is 10.2. The Morgan fingerprint density at radius 3 is 2.62 bits per heavy atom. The third-order valence-corrected chi connectivity index (χ3v) is 2.12. The molecule has 2 amide bonds. The van der Waals surface area contributed by atoms with Crippen molar-refractivity contribution in [2.75, 3.05) is 5.32 Å². The average Bonchev–Trinajstić information content (AvgIpc) is 2.57. The van der Waals surface area contributed by atoms with Crippen molar-refractivity contribution in [3.63, 3.8) is 0 Å². The van der Waals surface area contributed by atoms with E-state index in [1.165, 1.54) is 6.92 Å². The predicted octanol–water partition coefficient (Wildman–Crippen LogP) is 1.49. The number of fused-ring (bicyclic) bond motifs is 1. The molecule has 5 heteroatoms. The highest BCUT2D eigenvalue weighted by atomic mass is 16.3. The lowest BCUT2D eigenvalue weighted by Gasteiger charge is -1.99. The van der Waals surface area contributed by atoms with E-state index in [-0.39, 0.29) is 11.7 Å². The Hall–Kier alpha value is -2.30. The fraction of sp³-hybridized carbons (Fsp3) is 0.0909. The molecule has 0 aliphatic rings. The van der Waals surface area contributed by atoms with Gasteiger partial charge >= 0.3 is 0 Å². The molecule has 2 rings (SSSR count). The molecule has 0 saturated carbocycles. The third-order valence-electron chi connectivity index (χ3n) is 2.12. The lowest BCUT2D eigenvalue weighted by molar-refractivity contribution is -0.114. The maximum atomic E-state index is 11.2. The molecule has 0 aliphatic carbocycles. The van der Waals surface area contributed by atoms with Crippen molar-refractivity contribution in [2.45, 2.75) is 6.92 Å². The van der Waals surface area contributed by atoms with Gasteiger partial charge in [-0.1, -0.05) is 12.1 Å². The lowest BCUT2D eigenvalue weighted by Crippen LogP contribution is -2.14. The number of furan rings is 1. The third kappa shape index (κ3) is 1.63. The SMILES string of the molecule is CC(=O)Nc1c(C(N)=O)oc2ccccc12. The minimum absolute atomic E-state index is 0.0311. The van der Waals surface area contributed by atoms with Crippen LogP contribution in [0.15, 0.2) is 28.7 Å². The van der Waals surface area contributed by atoms with Crippen molar-refractivity contribution >= 4 is 28.5 Å². The summed E-state index contributed by atoms with van der Waals surface area (Å²) >= 11 is 0. The number of primary amides is 1. The molecular formula is C11H10N2O3. The van der Waals surface area contributed by atoms with E-state index in [0.717, 1.165) is 0 Å². The first-order chi connectivity index (χ1) is 7.59. The number of rotatable bonds is 2. The minimum atomic E-state index is -0.708. The normalized spacial score (nSPS) is 10.3. The Kier molecular flexibility index (Phi) is 2.36. The van der Waals surface area contributed by atoms with Gasteiger partial charge in [-0.2, -0.15) is 0 Å². The first-order valence-corrected chi connectivity index (χ1v) is 4.68. The van der Waals surface area contributed by atoms with E-state index in [0.29, 0.717) is 16.7 Å². The standard InChI is InChI=1S/C11H10N2O3/c1-6(14)13-9-7-4-2-3-5-8(7)16-10(9)11(12)15/h2-5H,1H3,(H2,12,15)(H,13,14). The van der Waals surface area contributed by atoms with Crippen LogP contribution >= 0.6 is 0 Å². The molecule has 82 valence electrons. The molecule has 1 aromatic carbocycles. The quantitative estimate of drug-likeness (QED) is 0.800. The maximum Gasteiger partial charge on any atom is 0.286 e. The van der Waals surface area contributed by atoms with E-state index in [1.54, 1.807) is 24.3 Å². The van der Waals surface area contributed by atoms with Crippen LogP contribution in [0, 0.1) is 0 Å². The highest BCUT2D eigenvalue weighted by Crippen LogP contribution is 2.30. The second-order valence-electron chi connectivity index (χ2n) is 3.35. The smallest absolute Gasteiger partial charge is 0.286 e. The summed E-state index contributed by atoms with van der Waals surface area (Å²) in [6.07, 6.45) is 0. The number of nitrogens with two attached hydrogens (primary N) is 1. The number of hydrogen-bond donors (Lipinski definition) is 2. The van der Waals surface area contributed by atoms with E-state index >= 15 is 0 Å². The highest BCUT2D eigenvalue weighted by Gasteiger charge is 2.18.